The van der Waals surface area contributed by atoms with E-state index >= 15 is 0 Å². The number of aryl methyl sites for hydroxylation is 1. The molecule has 0 bridgehead atoms. The van der Waals surface area contributed by atoms with Crippen molar-refractivity contribution in [1.29, 1.82) is 0 Å². The molecule has 4 aromatic carbocycles. The van der Waals surface area contributed by atoms with Crippen molar-refractivity contribution in [2.75, 3.05) is 7.11 Å². The lowest BCUT2D eigenvalue weighted by Gasteiger charge is -2.38. The van der Waals surface area contributed by atoms with E-state index in [-0.39, 0.29) is 17.9 Å². The molecule has 226 valence electrons. The molecule has 0 aliphatic heterocycles. The Morgan fingerprint density at radius 3 is 1.33 bits per heavy atom. The molecule has 1 N–H and O–H groups in total. The van der Waals surface area contributed by atoms with Gasteiger partial charge in [-0.15, -0.1) is 0 Å². The van der Waals surface area contributed by atoms with Gasteiger partial charge in [0.1, 0.15) is 17.2 Å². The van der Waals surface area contributed by atoms with Crippen LogP contribution < -0.4 is 9.47 Å². The monoisotopic (exact) mass is 602 g/mol. The fraction of sp³-hybridized carbons (Fsp3) is 0.242. The van der Waals surface area contributed by atoms with Gasteiger partial charge in [-0.2, -0.15) is 26.3 Å². The fourth-order valence-electron chi connectivity index (χ4n) is 5.22. The van der Waals surface area contributed by atoms with Crippen LogP contribution in [0.25, 0.3) is 0 Å². The number of ether oxygens (including phenoxy) is 2. The first-order chi connectivity index (χ1) is 20.1. The number of carbonyl (C=O) groups is 1. The molecule has 0 amide bonds. The van der Waals surface area contributed by atoms with Crippen molar-refractivity contribution in [3.8, 4) is 17.2 Å². The highest BCUT2D eigenvalue weighted by atomic mass is 19.4. The van der Waals surface area contributed by atoms with Crippen LogP contribution >= 0.6 is 0 Å². The second-order valence-corrected chi connectivity index (χ2v) is 10.4. The van der Waals surface area contributed by atoms with Crippen molar-refractivity contribution < 1.29 is 45.7 Å². The Morgan fingerprint density at radius 1 is 0.628 bits per heavy atom. The van der Waals surface area contributed by atoms with Crippen molar-refractivity contribution in [3.05, 3.63) is 125 Å². The third-order valence-corrected chi connectivity index (χ3v) is 7.58. The zero-order valence-electron chi connectivity index (χ0n) is 23.4. The summed E-state index contributed by atoms with van der Waals surface area (Å²) in [6.07, 6.45) is -11.6. The minimum atomic E-state index is -5.69. The van der Waals surface area contributed by atoms with Crippen LogP contribution in [0.4, 0.5) is 26.3 Å². The molecule has 1 unspecified atom stereocenters. The zero-order valence-corrected chi connectivity index (χ0v) is 23.4. The van der Waals surface area contributed by atoms with Gasteiger partial charge in [0.05, 0.1) is 13.5 Å². The molecular weight excluding hydrogens is 574 g/mol. The summed E-state index contributed by atoms with van der Waals surface area (Å²) in [4.78, 5) is 11.7. The predicted octanol–water partition coefficient (Wildman–Crippen LogP) is 8.99. The summed E-state index contributed by atoms with van der Waals surface area (Å²) < 4.78 is 97.1. The molecule has 4 rings (SSSR count). The van der Waals surface area contributed by atoms with E-state index in [2.05, 4.69) is 0 Å². The first-order valence-corrected chi connectivity index (χ1v) is 13.1. The largest absolute Gasteiger partial charge is 0.497 e. The quantitative estimate of drug-likeness (QED) is 0.194. The van der Waals surface area contributed by atoms with Crippen molar-refractivity contribution in [1.82, 2.24) is 0 Å². The maximum absolute atomic E-state index is 14.4. The van der Waals surface area contributed by atoms with Gasteiger partial charge in [-0.05, 0) is 65.6 Å². The van der Waals surface area contributed by atoms with E-state index < -0.39 is 40.3 Å². The Hall–Kier alpha value is -4.47. The lowest BCUT2D eigenvalue weighted by molar-refractivity contribution is -0.288. The van der Waals surface area contributed by atoms with Crippen molar-refractivity contribution in [3.63, 3.8) is 0 Å². The van der Waals surface area contributed by atoms with E-state index in [1.807, 2.05) is 0 Å². The maximum Gasteiger partial charge on any atom is 0.411 e. The first kappa shape index (κ1) is 31.5. The summed E-state index contributed by atoms with van der Waals surface area (Å²) in [5.41, 5.74) is -5.21. The molecule has 0 radical (unpaired) electrons. The van der Waals surface area contributed by atoms with Crippen molar-refractivity contribution in [2.24, 2.45) is 0 Å². The molecule has 0 saturated heterocycles. The SMILES string of the molecule is COc1ccc(C(C)(CC(=O)O)c2ccc(Oc3ccc(C(c4ccc(C)cc4)(C(F)(F)F)C(F)(F)F)cc3)cc2)cc1. The average Bonchev–Trinajstić information content (AvgIpc) is 2.94. The third kappa shape index (κ3) is 6.04. The van der Waals surface area contributed by atoms with Crippen LogP contribution in [0.2, 0.25) is 0 Å². The molecule has 4 aromatic rings. The van der Waals surface area contributed by atoms with Gasteiger partial charge >= 0.3 is 18.3 Å². The molecule has 0 aliphatic carbocycles. The van der Waals surface area contributed by atoms with Crippen LogP contribution in [0, 0.1) is 6.92 Å². The highest BCUT2D eigenvalue weighted by Crippen LogP contribution is 2.56. The molecule has 4 nitrogen and oxygen atoms in total. The number of benzene rings is 4. The van der Waals surface area contributed by atoms with Gasteiger partial charge in [0.15, 0.2) is 0 Å². The molecule has 0 spiro atoms. The Labute approximate surface area is 244 Å². The number of halogens is 6. The van der Waals surface area contributed by atoms with E-state index in [4.69, 9.17) is 9.47 Å². The summed E-state index contributed by atoms with van der Waals surface area (Å²) in [5.74, 6) is -0.140. The van der Waals surface area contributed by atoms with E-state index in [9.17, 15) is 36.2 Å². The Balaban J connectivity index is 1.65. The molecule has 43 heavy (non-hydrogen) atoms. The normalized spacial score (nSPS) is 13.7. The van der Waals surface area contributed by atoms with Crippen LogP contribution in [-0.4, -0.2) is 30.5 Å². The molecule has 0 heterocycles. The summed E-state index contributed by atoms with van der Waals surface area (Å²) in [6.45, 7) is 3.34. The molecule has 0 aliphatic rings. The van der Waals surface area contributed by atoms with Gasteiger partial charge in [-0.3, -0.25) is 4.79 Å². The number of carboxylic acids is 1. The number of alkyl halides is 6. The molecule has 0 aromatic heterocycles. The Kier molecular flexibility index (Phi) is 8.53. The van der Waals surface area contributed by atoms with Crippen LogP contribution in [0.5, 0.6) is 17.2 Å². The lowest BCUT2D eigenvalue weighted by atomic mass is 9.72. The van der Waals surface area contributed by atoms with Gasteiger partial charge in [0, 0.05) is 5.41 Å². The van der Waals surface area contributed by atoms with E-state index in [0.717, 1.165) is 42.0 Å². The lowest BCUT2D eigenvalue weighted by Crippen LogP contribution is -2.54. The van der Waals surface area contributed by atoms with Gasteiger partial charge in [-0.25, -0.2) is 0 Å². The predicted molar refractivity (Wildman–Crippen MR) is 149 cm³/mol. The van der Waals surface area contributed by atoms with Crippen LogP contribution in [0.3, 0.4) is 0 Å². The van der Waals surface area contributed by atoms with Gasteiger partial charge in [-0.1, -0.05) is 73.2 Å². The summed E-state index contributed by atoms with van der Waals surface area (Å²) >= 11 is 0. The van der Waals surface area contributed by atoms with Crippen LogP contribution in [0.1, 0.15) is 41.2 Å². The average molecular weight is 603 g/mol. The molecular formula is C33H28F6O4. The minimum Gasteiger partial charge on any atom is -0.497 e. The smallest absolute Gasteiger partial charge is 0.411 e. The number of aliphatic carboxylic acids is 1. The molecule has 0 fully saturated rings. The van der Waals surface area contributed by atoms with E-state index in [1.165, 1.54) is 19.2 Å². The van der Waals surface area contributed by atoms with Gasteiger partial charge < -0.3 is 14.6 Å². The number of hydrogen-bond donors (Lipinski definition) is 1. The Bertz CT molecular complexity index is 1530. The summed E-state index contributed by atoms with van der Waals surface area (Å²) in [5, 5.41) is 9.60. The second-order valence-electron chi connectivity index (χ2n) is 10.4. The van der Waals surface area contributed by atoms with E-state index in [1.54, 1.807) is 62.4 Å². The number of carboxylic acid groups (broad SMARTS) is 1. The summed E-state index contributed by atoms with van der Waals surface area (Å²) in [7, 11) is 1.52. The first-order valence-electron chi connectivity index (χ1n) is 13.1. The number of methoxy groups -OCH3 is 1. The molecule has 0 saturated carbocycles. The zero-order chi connectivity index (χ0) is 31.6. The standard InChI is InChI=1S/C33H28F6O4/c1-21-4-6-24(7-5-21)31(32(34,35)36,33(37,38)39)25-12-18-28(19-13-25)43-27-16-10-23(11-17-27)30(2,20-29(40)41)22-8-14-26(42-3)15-9-22/h4-19H,20H2,1-3H3,(H,40,41). The van der Waals surface area contributed by atoms with Crippen molar-refractivity contribution in [2.45, 2.75) is 43.5 Å². The number of rotatable bonds is 9. The number of hydrogen-bond acceptors (Lipinski definition) is 3. The summed E-state index contributed by atoms with van der Waals surface area (Å²) in [6, 6.07) is 21.1. The maximum atomic E-state index is 14.4. The second kappa shape index (κ2) is 11.7. The third-order valence-electron chi connectivity index (χ3n) is 7.58. The molecule has 1 atom stereocenters. The topological polar surface area (TPSA) is 55.8 Å². The van der Waals surface area contributed by atoms with Crippen molar-refractivity contribution >= 4 is 5.97 Å². The fourth-order valence-corrected chi connectivity index (χ4v) is 5.22. The highest BCUT2D eigenvalue weighted by Gasteiger charge is 2.72. The van der Waals surface area contributed by atoms with Gasteiger partial charge in [0.25, 0.3) is 0 Å². The molecule has 10 heteroatoms. The van der Waals surface area contributed by atoms with Crippen LogP contribution in [-0.2, 0) is 15.6 Å². The Morgan fingerprint density at radius 2 is 0.977 bits per heavy atom. The van der Waals surface area contributed by atoms with Crippen LogP contribution in [0.15, 0.2) is 97.1 Å². The van der Waals surface area contributed by atoms with Gasteiger partial charge in [0.2, 0.25) is 5.41 Å². The van der Waals surface area contributed by atoms with E-state index in [0.29, 0.717) is 16.9 Å². The highest BCUT2D eigenvalue weighted by molar-refractivity contribution is 5.70. The minimum absolute atomic E-state index is 0.0158.